The van der Waals surface area contributed by atoms with Crippen LogP contribution in [0.5, 0.6) is 0 Å². The topological polar surface area (TPSA) is 67.8 Å². The van der Waals surface area contributed by atoms with Crippen molar-refractivity contribution in [2.75, 3.05) is 0 Å². The molecule has 0 radical (unpaired) electrons. The van der Waals surface area contributed by atoms with E-state index in [2.05, 4.69) is 10.1 Å². The van der Waals surface area contributed by atoms with Crippen LogP contribution in [0.4, 0.5) is 0 Å². The van der Waals surface area contributed by atoms with Gasteiger partial charge in [-0.25, -0.2) is 9.48 Å². The Morgan fingerprint density at radius 2 is 1.88 bits per heavy atom. The summed E-state index contributed by atoms with van der Waals surface area (Å²) in [5, 5.41) is 3.86. The number of hydrogen-bond donors (Lipinski definition) is 1. The number of hydrogen-bond acceptors (Lipinski definition) is 3. The second-order valence-electron chi connectivity index (χ2n) is 3.51. The maximum Gasteiger partial charge on any atom is 0.344 e. The minimum atomic E-state index is -0.521. The Morgan fingerprint density at radius 1 is 1.18 bits per heavy atom. The lowest BCUT2D eigenvalue weighted by molar-refractivity contribution is 0.661. The molecule has 0 aliphatic heterocycles. The molecule has 0 spiro atoms. The van der Waals surface area contributed by atoms with Crippen molar-refractivity contribution in [3.63, 3.8) is 0 Å². The van der Waals surface area contributed by atoms with E-state index in [4.69, 9.17) is 0 Å². The predicted octanol–water partition coefficient (Wildman–Crippen LogP) is 0.639. The third-order valence-corrected chi connectivity index (χ3v) is 2.24. The van der Waals surface area contributed by atoms with E-state index in [1.807, 2.05) is 30.3 Å². The zero-order valence-corrected chi connectivity index (χ0v) is 9.25. The van der Waals surface area contributed by atoms with E-state index in [9.17, 15) is 9.59 Å². The van der Waals surface area contributed by atoms with Gasteiger partial charge in [-0.1, -0.05) is 36.4 Å². The Bertz CT molecular complexity index is 653. The molecule has 1 heterocycles. The molecule has 0 amide bonds. The fourth-order valence-corrected chi connectivity index (χ4v) is 1.34. The molecule has 0 aliphatic rings. The number of H-pyrrole nitrogens is 1. The standard InChI is InChI=1S/C12H11N3O2/c1-15-12(17)13-11(16)10(14-15)8-7-9-5-3-2-4-6-9/h2-8H,1H3,(H,13,16,17)/b8-7+. The molecule has 0 saturated carbocycles. The van der Waals surface area contributed by atoms with E-state index in [0.29, 0.717) is 0 Å². The maximum absolute atomic E-state index is 11.4. The number of aromatic amines is 1. The lowest BCUT2D eigenvalue weighted by Crippen LogP contribution is -2.32. The van der Waals surface area contributed by atoms with Gasteiger partial charge in [-0.15, -0.1) is 0 Å². The van der Waals surface area contributed by atoms with E-state index in [1.54, 1.807) is 12.2 Å². The Labute approximate surface area is 97.1 Å². The van der Waals surface area contributed by atoms with Crippen molar-refractivity contribution in [1.82, 2.24) is 14.8 Å². The first-order valence-electron chi connectivity index (χ1n) is 5.07. The van der Waals surface area contributed by atoms with Gasteiger partial charge in [0.25, 0.3) is 5.56 Å². The van der Waals surface area contributed by atoms with Gasteiger partial charge in [0.1, 0.15) is 5.69 Å². The van der Waals surface area contributed by atoms with Crippen LogP contribution in [0, 0.1) is 0 Å². The Balaban J connectivity index is 2.37. The molecule has 0 unspecified atom stereocenters. The lowest BCUT2D eigenvalue weighted by Gasteiger charge is -1.96. The van der Waals surface area contributed by atoms with Crippen LogP contribution in [0.3, 0.4) is 0 Å². The van der Waals surface area contributed by atoms with Crippen LogP contribution in [0.2, 0.25) is 0 Å². The molecular weight excluding hydrogens is 218 g/mol. The van der Waals surface area contributed by atoms with Gasteiger partial charge in [-0.3, -0.25) is 9.78 Å². The summed E-state index contributed by atoms with van der Waals surface area (Å²) in [7, 11) is 1.48. The smallest absolute Gasteiger partial charge is 0.271 e. The van der Waals surface area contributed by atoms with Crippen molar-refractivity contribution in [3.05, 3.63) is 62.4 Å². The zero-order valence-electron chi connectivity index (χ0n) is 9.25. The first-order valence-corrected chi connectivity index (χ1v) is 5.07. The average Bonchev–Trinajstić information content (AvgIpc) is 2.33. The highest BCUT2D eigenvalue weighted by Gasteiger charge is 1.99. The van der Waals surface area contributed by atoms with Gasteiger partial charge < -0.3 is 0 Å². The molecule has 0 fully saturated rings. The molecule has 1 N–H and O–H groups in total. The minimum absolute atomic E-state index is 0.205. The van der Waals surface area contributed by atoms with Gasteiger partial charge in [0.15, 0.2) is 0 Å². The van der Waals surface area contributed by atoms with Crippen molar-refractivity contribution in [2.45, 2.75) is 0 Å². The van der Waals surface area contributed by atoms with Crippen LogP contribution in [0.1, 0.15) is 11.3 Å². The zero-order chi connectivity index (χ0) is 12.3. The van der Waals surface area contributed by atoms with Gasteiger partial charge >= 0.3 is 5.69 Å². The number of nitrogens with one attached hydrogen (secondary N) is 1. The summed E-state index contributed by atoms with van der Waals surface area (Å²) in [6, 6.07) is 9.53. The van der Waals surface area contributed by atoms with Crippen LogP contribution >= 0.6 is 0 Å². The van der Waals surface area contributed by atoms with Crippen molar-refractivity contribution in [3.8, 4) is 0 Å². The van der Waals surface area contributed by atoms with E-state index in [-0.39, 0.29) is 5.69 Å². The fraction of sp³-hybridized carbons (Fsp3) is 0.0833. The first-order chi connectivity index (χ1) is 8.16. The summed E-state index contributed by atoms with van der Waals surface area (Å²) < 4.78 is 1.09. The monoisotopic (exact) mass is 229 g/mol. The second-order valence-corrected chi connectivity index (χ2v) is 3.51. The molecule has 1 aromatic heterocycles. The van der Waals surface area contributed by atoms with Gasteiger partial charge in [-0.05, 0) is 11.6 Å². The highest BCUT2D eigenvalue weighted by atomic mass is 16.2. The van der Waals surface area contributed by atoms with E-state index in [1.165, 1.54) is 7.05 Å². The molecule has 2 rings (SSSR count). The molecule has 0 atom stereocenters. The van der Waals surface area contributed by atoms with E-state index >= 15 is 0 Å². The summed E-state index contributed by atoms with van der Waals surface area (Å²) in [6.07, 6.45) is 3.34. The second kappa shape index (κ2) is 4.61. The molecule has 5 heteroatoms. The summed E-state index contributed by atoms with van der Waals surface area (Å²) in [4.78, 5) is 24.7. The summed E-state index contributed by atoms with van der Waals surface area (Å²) in [5.74, 6) is 0. The number of aromatic nitrogens is 3. The molecule has 2 aromatic rings. The van der Waals surface area contributed by atoms with Crippen LogP contribution in [-0.4, -0.2) is 14.8 Å². The fourth-order valence-electron chi connectivity index (χ4n) is 1.34. The molecule has 0 saturated heterocycles. The van der Waals surface area contributed by atoms with Crippen molar-refractivity contribution < 1.29 is 0 Å². The van der Waals surface area contributed by atoms with Gasteiger partial charge in [0.2, 0.25) is 0 Å². The number of nitrogens with zero attached hydrogens (tertiary/aromatic N) is 2. The van der Waals surface area contributed by atoms with E-state index < -0.39 is 11.2 Å². The summed E-state index contributed by atoms with van der Waals surface area (Å²) in [5.41, 5.74) is 0.158. The van der Waals surface area contributed by atoms with E-state index in [0.717, 1.165) is 10.2 Å². The van der Waals surface area contributed by atoms with Crippen LogP contribution in [-0.2, 0) is 7.05 Å². The van der Waals surface area contributed by atoms with Crippen LogP contribution in [0.25, 0.3) is 12.2 Å². The predicted molar refractivity (Wildman–Crippen MR) is 65.5 cm³/mol. The molecular formula is C12H11N3O2. The molecule has 86 valence electrons. The quantitative estimate of drug-likeness (QED) is 0.821. The SMILES string of the molecule is Cn1nc(/C=C/c2ccccc2)c(=O)[nH]c1=O. The minimum Gasteiger partial charge on any atom is -0.271 e. The normalized spacial score (nSPS) is 10.9. The largest absolute Gasteiger partial charge is 0.344 e. The maximum atomic E-state index is 11.4. The van der Waals surface area contributed by atoms with Crippen LogP contribution < -0.4 is 11.2 Å². The average molecular weight is 229 g/mol. The Morgan fingerprint density at radius 3 is 2.59 bits per heavy atom. The summed E-state index contributed by atoms with van der Waals surface area (Å²) >= 11 is 0. The molecule has 0 aliphatic carbocycles. The third kappa shape index (κ3) is 2.57. The van der Waals surface area contributed by atoms with Crippen molar-refractivity contribution in [2.24, 2.45) is 7.05 Å². The molecule has 5 nitrogen and oxygen atoms in total. The lowest BCUT2D eigenvalue weighted by atomic mass is 10.2. The number of benzene rings is 1. The highest BCUT2D eigenvalue weighted by molar-refractivity contribution is 5.67. The Hall–Kier alpha value is -2.43. The number of aryl methyl sites for hydroxylation is 1. The third-order valence-electron chi connectivity index (χ3n) is 2.24. The molecule has 17 heavy (non-hydrogen) atoms. The molecule has 0 bridgehead atoms. The van der Waals surface area contributed by atoms with Crippen LogP contribution in [0.15, 0.2) is 39.9 Å². The highest BCUT2D eigenvalue weighted by Crippen LogP contribution is 2.02. The Kier molecular flexibility index (Phi) is 3.00. The van der Waals surface area contributed by atoms with Gasteiger partial charge in [0.05, 0.1) is 0 Å². The van der Waals surface area contributed by atoms with Crippen molar-refractivity contribution >= 4 is 12.2 Å². The van der Waals surface area contributed by atoms with Crippen molar-refractivity contribution in [1.29, 1.82) is 0 Å². The summed E-state index contributed by atoms with van der Waals surface area (Å²) in [6.45, 7) is 0. The first kappa shape index (κ1) is 11.1. The van der Waals surface area contributed by atoms with Gasteiger partial charge in [0, 0.05) is 7.05 Å². The number of rotatable bonds is 2. The van der Waals surface area contributed by atoms with Gasteiger partial charge in [-0.2, -0.15) is 5.10 Å². The molecule has 1 aromatic carbocycles.